The minimum absolute atomic E-state index is 0.176. The van der Waals surface area contributed by atoms with Crippen molar-refractivity contribution in [3.05, 3.63) is 95.6 Å². The van der Waals surface area contributed by atoms with E-state index in [0.717, 1.165) is 16.8 Å². The Kier molecular flexibility index (Phi) is 4.18. The van der Waals surface area contributed by atoms with E-state index < -0.39 is 5.97 Å². The van der Waals surface area contributed by atoms with Gasteiger partial charge < -0.3 is 15.7 Å². The molecule has 0 aromatic heterocycles. The van der Waals surface area contributed by atoms with Crippen LogP contribution in [0.25, 0.3) is 11.3 Å². The first-order valence-corrected chi connectivity index (χ1v) is 8.44. The van der Waals surface area contributed by atoms with E-state index in [4.69, 9.17) is 5.11 Å². The molecule has 3 N–H and O–H groups in total. The van der Waals surface area contributed by atoms with E-state index in [-0.39, 0.29) is 11.5 Å². The molecule has 0 fully saturated rings. The van der Waals surface area contributed by atoms with E-state index in [2.05, 4.69) is 10.6 Å². The summed E-state index contributed by atoms with van der Waals surface area (Å²) in [5.41, 5.74) is 4.59. The standard InChI is InChI=1S/C22H16N2O3/c25-21-19(17-8-4-5-9-18(17)24-21)20(14-6-2-1-3-7-14)23-16-12-10-15(11-13-16)22(26)27/h1-13,23H,(H,24,25)(H,26,27). The number of amides is 1. The van der Waals surface area contributed by atoms with Crippen LogP contribution < -0.4 is 10.6 Å². The normalized spacial score (nSPS) is 14.3. The Bertz CT molecular complexity index is 1050. The molecule has 0 saturated heterocycles. The van der Waals surface area contributed by atoms with Gasteiger partial charge in [0, 0.05) is 16.9 Å². The van der Waals surface area contributed by atoms with Crippen molar-refractivity contribution >= 4 is 34.5 Å². The average Bonchev–Trinajstić information content (AvgIpc) is 3.03. The number of carboxylic acids is 1. The maximum Gasteiger partial charge on any atom is 0.335 e. The zero-order valence-electron chi connectivity index (χ0n) is 14.3. The van der Waals surface area contributed by atoms with Crippen molar-refractivity contribution in [3.63, 3.8) is 0 Å². The monoisotopic (exact) mass is 356 g/mol. The van der Waals surface area contributed by atoms with Crippen molar-refractivity contribution in [1.29, 1.82) is 0 Å². The smallest absolute Gasteiger partial charge is 0.335 e. The van der Waals surface area contributed by atoms with Crippen LogP contribution in [0, 0.1) is 0 Å². The lowest BCUT2D eigenvalue weighted by Gasteiger charge is -2.15. The van der Waals surface area contributed by atoms with Crippen molar-refractivity contribution in [2.24, 2.45) is 0 Å². The van der Waals surface area contributed by atoms with Gasteiger partial charge in [0.15, 0.2) is 0 Å². The van der Waals surface area contributed by atoms with Gasteiger partial charge in [-0.25, -0.2) is 4.79 Å². The van der Waals surface area contributed by atoms with Gasteiger partial charge in [0.1, 0.15) is 0 Å². The van der Waals surface area contributed by atoms with Crippen LogP contribution in [0.4, 0.5) is 11.4 Å². The van der Waals surface area contributed by atoms with Crippen molar-refractivity contribution < 1.29 is 14.7 Å². The summed E-state index contributed by atoms with van der Waals surface area (Å²) in [5.74, 6) is -1.16. The molecule has 132 valence electrons. The number of benzene rings is 3. The molecular formula is C22H16N2O3. The fourth-order valence-electron chi connectivity index (χ4n) is 3.09. The van der Waals surface area contributed by atoms with Gasteiger partial charge in [-0.1, -0.05) is 48.5 Å². The molecule has 0 spiro atoms. The second-order valence-electron chi connectivity index (χ2n) is 6.12. The van der Waals surface area contributed by atoms with Crippen LogP contribution in [0.2, 0.25) is 0 Å². The average molecular weight is 356 g/mol. The summed E-state index contributed by atoms with van der Waals surface area (Å²) in [4.78, 5) is 23.8. The summed E-state index contributed by atoms with van der Waals surface area (Å²) < 4.78 is 0. The highest BCUT2D eigenvalue weighted by Crippen LogP contribution is 2.37. The molecule has 0 aliphatic carbocycles. The molecule has 1 amide bonds. The Hall–Kier alpha value is -3.86. The minimum Gasteiger partial charge on any atom is -0.478 e. The maximum atomic E-state index is 12.7. The Morgan fingerprint density at radius 3 is 2.19 bits per heavy atom. The third-order valence-corrected chi connectivity index (χ3v) is 4.39. The number of carbonyl (C=O) groups is 2. The molecular weight excluding hydrogens is 340 g/mol. The molecule has 4 rings (SSSR count). The highest BCUT2D eigenvalue weighted by molar-refractivity contribution is 6.37. The molecule has 3 aromatic carbocycles. The lowest BCUT2D eigenvalue weighted by Crippen LogP contribution is -2.10. The van der Waals surface area contributed by atoms with E-state index in [1.807, 2.05) is 54.6 Å². The number of hydrogen-bond acceptors (Lipinski definition) is 3. The summed E-state index contributed by atoms with van der Waals surface area (Å²) in [7, 11) is 0. The number of hydrogen-bond donors (Lipinski definition) is 3. The molecule has 3 aromatic rings. The van der Waals surface area contributed by atoms with E-state index >= 15 is 0 Å². The number of rotatable bonds is 4. The maximum absolute atomic E-state index is 12.7. The fourth-order valence-corrected chi connectivity index (χ4v) is 3.09. The molecule has 5 heteroatoms. The van der Waals surface area contributed by atoms with E-state index in [9.17, 15) is 9.59 Å². The second-order valence-corrected chi connectivity index (χ2v) is 6.12. The van der Waals surface area contributed by atoms with Crippen LogP contribution >= 0.6 is 0 Å². The molecule has 0 unspecified atom stereocenters. The fraction of sp³-hybridized carbons (Fsp3) is 0. The van der Waals surface area contributed by atoms with Crippen molar-refractivity contribution in [2.45, 2.75) is 0 Å². The number of para-hydroxylation sites is 1. The lowest BCUT2D eigenvalue weighted by atomic mass is 10.00. The number of nitrogens with one attached hydrogen (secondary N) is 2. The quantitative estimate of drug-likeness (QED) is 0.609. The predicted octanol–water partition coefficient (Wildman–Crippen LogP) is 4.32. The summed E-state index contributed by atoms with van der Waals surface area (Å²) in [5, 5.41) is 15.3. The highest BCUT2D eigenvalue weighted by atomic mass is 16.4. The summed E-state index contributed by atoms with van der Waals surface area (Å²) in [6.45, 7) is 0. The van der Waals surface area contributed by atoms with Crippen molar-refractivity contribution in [1.82, 2.24) is 0 Å². The topological polar surface area (TPSA) is 78.4 Å². The predicted molar refractivity (Wildman–Crippen MR) is 105 cm³/mol. The van der Waals surface area contributed by atoms with Crippen LogP contribution in [-0.2, 0) is 4.79 Å². The molecule has 0 saturated carbocycles. The zero-order valence-corrected chi connectivity index (χ0v) is 14.3. The Morgan fingerprint density at radius 1 is 0.815 bits per heavy atom. The van der Waals surface area contributed by atoms with Gasteiger partial charge in [0.2, 0.25) is 0 Å². The summed E-state index contributed by atoms with van der Waals surface area (Å²) in [6.07, 6.45) is 0. The number of fused-ring (bicyclic) bond motifs is 1. The number of aromatic carboxylic acids is 1. The van der Waals surface area contributed by atoms with Gasteiger partial charge in [-0.15, -0.1) is 0 Å². The number of carboxylic acid groups (broad SMARTS) is 1. The first kappa shape index (κ1) is 16.6. The van der Waals surface area contributed by atoms with Gasteiger partial charge >= 0.3 is 5.97 Å². The molecule has 27 heavy (non-hydrogen) atoms. The van der Waals surface area contributed by atoms with Crippen LogP contribution in [0.1, 0.15) is 21.5 Å². The Labute approximate surface area is 156 Å². The van der Waals surface area contributed by atoms with Crippen LogP contribution in [-0.4, -0.2) is 17.0 Å². The molecule has 5 nitrogen and oxygen atoms in total. The molecule has 0 radical (unpaired) electrons. The SMILES string of the molecule is O=C1Nc2ccccc2C1=C(Nc1ccc(C(=O)O)cc1)c1ccccc1. The zero-order chi connectivity index (χ0) is 18.8. The summed E-state index contributed by atoms with van der Waals surface area (Å²) >= 11 is 0. The van der Waals surface area contributed by atoms with E-state index in [1.54, 1.807) is 12.1 Å². The van der Waals surface area contributed by atoms with E-state index in [0.29, 0.717) is 17.0 Å². The largest absolute Gasteiger partial charge is 0.478 e. The summed E-state index contributed by atoms with van der Waals surface area (Å²) in [6, 6.07) is 23.5. The van der Waals surface area contributed by atoms with Crippen molar-refractivity contribution in [2.75, 3.05) is 10.6 Å². The van der Waals surface area contributed by atoms with Gasteiger partial charge in [0.25, 0.3) is 5.91 Å². The number of carbonyl (C=O) groups excluding carboxylic acids is 1. The molecule has 1 aliphatic heterocycles. The molecule has 1 aliphatic rings. The van der Waals surface area contributed by atoms with Crippen LogP contribution in [0.5, 0.6) is 0 Å². The Morgan fingerprint density at radius 2 is 1.48 bits per heavy atom. The molecule has 1 heterocycles. The van der Waals surface area contributed by atoms with Gasteiger partial charge in [0.05, 0.1) is 16.8 Å². The number of anilines is 2. The van der Waals surface area contributed by atoms with Gasteiger partial charge in [-0.3, -0.25) is 4.79 Å². The Balaban J connectivity index is 1.84. The second kappa shape index (κ2) is 6.80. The van der Waals surface area contributed by atoms with Gasteiger partial charge in [-0.2, -0.15) is 0 Å². The highest BCUT2D eigenvalue weighted by Gasteiger charge is 2.27. The van der Waals surface area contributed by atoms with E-state index in [1.165, 1.54) is 12.1 Å². The third-order valence-electron chi connectivity index (χ3n) is 4.39. The lowest BCUT2D eigenvalue weighted by molar-refractivity contribution is -0.110. The minimum atomic E-state index is -0.979. The van der Waals surface area contributed by atoms with Crippen LogP contribution in [0.15, 0.2) is 78.9 Å². The van der Waals surface area contributed by atoms with Gasteiger partial charge in [-0.05, 0) is 35.9 Å². The first-order chi connectivity index (χ1) is 13.1. The third kappa shape index (κ3) is 3.18. The molecule has 0 bridgehead atoms. The first-order valence-electron chi connectivity index (χ1n) is 8.44. The van der Waals surface area contributed by atoms with Crippen LogP contribution in [0.3, 0.4) is 0 Å². The molecule has 0 atom stereocenters. The van der Waals surface area contributed by atoms with Crippen molar-refractivity contribution in [3.8, 4) is 0 Å².